The first-order chi connectivity index (χ1) is 12.4. The van der Waals surface area contributed by atoms with Crippen molar-refractivity contribution in [3.05, 3.63) is 48.5 Å². The molecular formula is C19H22O7. The highest BCUT2D eigenvalue weighted by Gasteiger charge is 2.65. The van der Waals surface area contributed by atoms with Crippen LogP contribution in [0.3, 0.4) is 0 Å². The Morgan fingerprint density at radius 2 is 1.73 bits per heavy atom. The molecule has 1 aliphatic carbocycles. The molecule has 5 N–H and O–H groups in total. The Morgan fingerprint density at radius 3 is 2.35 bits per heavy atom. The van der Waals surface area contributed by atoms with Gasteiger partial charge in [-0.1, -0.05) is 30.3 Å². The summed E-state index contributed by atoms with van der Waals surface area (Å²) in [6, 6.07) is 14.2. The summed E-state index contributed by atoms with van der Waals surface area (Å²) in [5.41, 5.74) is -0.385. The van der Waals surface area contributed by atoms with E-state index in [1.165, 1.54) is 0 Å². The zero-order valence-corrected chi connectivity index (χ0v) is 14.2. The van der Waals surface area contributed by atoms with Gasteiger partial charge >= 0.3 is 0 Å². The van der Waals surface area contributed by atoms with Gasteiger partial charge < -0.3 is 35.0 Å². The first-order valence-electron chi connectivity index (χ1n) is 8.21. The smallest absolute Gasteiger partial charge is 0.229 e. The molecule has 7 heteroatoms. The van der Waals surface area contributed by atoms with Crippen LogP contribution in [-0.4, -0.2) is 63.3 Å². The monoisotopic (exact) mass is 362 g/mol. The van der Waals surface area contributed by atoms with E-state index in [4.69, 9.17) is 9.47 Å². The van der Waals surface area contributed by atoms with Gasteiger partial charge in [-0.2, -0.15) is 0 Å². The van der Waals surface area contributed by atoms with Crippen molar-refractivity contribution < 1.29 is 35.0 Å². The summed E-state index contributed by atoms with van der Waals surface area (Å²) in [5.74, 6) is -0.122. The van der Waals surface area contributed by atoms with Crippen LogP contribution in [0.15, 0.2) is 48.5 Å². The lowest BCUT2D eigenvalue weighted by atomic mass is 9.64. The van der Waals surface area contributed by atoms with E-state index < -0.39 is 36.6 Å². The van der Waals surface area contributed by atoms with Crippen molar-refractivity contribution in [1.29, 1.82) is 0 Å². The van der Waals surface area contributed by atoms with Crippen LogP contribution in [0.4, 0.5) is 0 Å². The number of hydrogen-bond acceptors (Lipinski definition) is 7. The number of hydrogen-bond donors (Lipinski definition) is 5. The predicted molar refractivity (Wildman–Crippen MR) is 92.6 cm³/mol. The van der Waals surface area contributed by atoms with Gasteiger partial charge in [0.05, 0.1) is 19.8 Å². The average molecular weight is 362 g/mol. The van der Waals surface area contributed by atoms with Crippen LogP contribution in [0.25, 0.3) is 11.1 Å². The van der Waals surface area contributed by atoms with Crippen LogP contribution < -0.4 is 9.47 Å². The summed E-state index contributed by atoms with van der Waals surface area (Å²) in [6.07, 6.45) is -4.74. The summed E-state index contributed by atoms with van der Waals surface area (Å²) in [4.78, 5) is 0. The van der Waals surface area contributed by atoms with Crippen molar-refractivity contribution in [2.75, 3.05) is 13.7 Å². The number of rotatable bonds is 6. The first kappa shape index (κ1) is 18.6. The van der Waals surface area contributed by atoms with E-state index in [1.807, 2.05) is 24.3 Å². The van der Waals surface area contributed by atoms with E-state index in [0.717, 1.165) is 11.1 Å². The van der Waals surface area contributed by atoms with E-state index in [-0.39, 0.29) is 5.75 Å². The third-order valence-electron chi connectivity index (χ3n) is 4.92. The molecule has 0 spiro atoms. The number of methoxy groups -OCH3 is 1. The van der Waals surface area contributed by atoms with Gasteiger partial charge in [-0.05, 0) is 23.8 Å². The molecule has 1 fully saturated rings. The molecule has 140 valence electrons. The largest absolute Gasteiger partial charge is 0.496 e. The van der Waals surface area contributed by atoms with E-state index in [2.05, 4.69) is 0 Å². The van der Waals surface area contributed by atoms with Crippen molar-refractivity contribution in [2.24, 2.45) is 5.92 Å². The number of para-hydroxylation sites is 1. The Morgan fingerprint density at radius 1 is 1.08 bits per heavy atom. The summed E-state index contributed by atoms with van der Waals surface area (Å²) in [7, 11) is 1.59. The summed E-state index contributed by atoms with van der Waals surface area (Å²) >= 11 is 0. The Labute approximate surface area is 150 Å². The first-order valence-corrected chi connectivity index (χ1v) is 8.21. The fraction of sp³-hybridized carbons (Fsp3) is 0.368. The molecule has 0 amide bonds. The fourth-order valence-electron chi connectivity index (χ4n) is 3.27. The minimum atomic E-state index is -2.14. The Kier molecular flexibility index (Phi) is 5.17. The molecule has 7 nitrogen and oxygen atoms in total. The van der Waals surface area contributed by atoms with Gasteiger partial charge in [0.1, 0.15) is 17.6 Å². The maximum Gasteiger partial charge on any atom is 0.229 e. The van der Waals surface area contributed by atoms with Crippen molar-refractivity contribution in [3.63, 3.8) is 0 Å². The molecule has 0 saturated heterocycles. The summed E-state index contributed by atoms with van der Waals surface area (Å²) < 4.78 is 10.6. The molecular weight excluding hydrogens is 340 g/mol. The average Bonchev–Trinajstić information content (AvgIpc) is 2.68. The van der Waals surface area contributed by atoms with Crippen molar-refractivity contribution in [1.82, 2.24) is 0 Å². The molecule has 2 aromatic carbocycles. The summed E-state index contributed by atoms with van der Waals surface area (Å²) in [5, 5.41) is 49.1. The lowest BCUT2D eigenvalue weighted by Crippen LogP contribution is -2.76. The van der Waals surface area contributed by atoms with Gasteiger partial charge in [0, 0.05) is 11.5 Å². The van der Waals surface area contributed by atoms with Crippen LogP contribution in [-0.2, 0) is 0 Å². The third-order valence-corrected chi connectivity index (χ3v) is 4.92. The minimum absolute atomic E-state index is 0.259. The SMILES string of the molecule is COc1ccccc1-c1ccc(OC(O)C2(O)C(O)C(O)C2CO)cc1. The van der Waals surface area contributed by atoms with Gasteiger partial charge in [0.15, 0.2) is 5.60 Å². The molecule has 5 unspecified atom stereocenters. The molecule has 5 atom stereocenters. The molecule has 0 aliphatic heterocycles. The maximum absolute atomic E-state index is 10.4. The topological polar surface area (TPSA) is 120 Å². The number of aliphatic hydroxyl groups is 5. The number of aliphatic hydroxyl groups excluding tert-OH is 4. The van der Waals surface area contributed by atoms with Crippen LogP contribution in [0, 0.1) is 5.92 Å². The third kappa shape index (κ3) is 2.94. The van der Waals surface area contributed by atoms with Gasteiger partial charge in [-0.15, -0.1) is 0 Å². The van der Waals surface area contributed by atoms with E-state index in [1.54, 1.807) is 31.4 Å². The minimum Gasteiger partial charge on any atom is -0.496 e. The predicted octanol–water partition coefficient (Wildman–Crippen LogP) is 0.134. The van der Waals surface area contributed by atoms with Gasteiger partial charge in [-0.25, -0.2) is 0 Å². The molecule has 1 saturated carbocycles. The Hall–Kier alpha value is -2.16. The number of benzene rings is 2. The number of ether oxygens (including phenoxy) is 2. The molecule has 0 heterocycles. The molecule has 0 radical (unpaired) electrons. The molecule has 3 rings (SSSR count). The van der Waals surface area contributed by atoms with Crippen LogP contribution in [0.2, 0.25) is 0 Å². The van der Waals surface area contributed by atoms with Gasteiger partial charge in [0.2, 0.25) is 6.29 Å². The van der Waals surface area contributed by atoms with Crippen LogP contribution >= 0.6 is 0 Å². The molecule has 2 aromatic rings. The second kappa shape index (κ2) is 7.22. The van der Waals surface area contributed by atoms with Crippen LogP contribution in [0.5, 0.6) is 11.5 Å². The Bertz CT molecular complexity index is 748. The highest BCUT2D eigenvalue weighted by molar-refractivity contribution is 5.70. The van der Waals surface area contributed by atoms with E-state index in [0.29, 0.717) is 5.75 Å². The summed E-state index contributed by atoms with van der Waals surface area (Å²) in [6.45, 7) is -0.595. The van der Waals surface area contributed by atoms with Crippen LogP contribution in [0.1, 0.15) is 0 Å². The van der Waals surface area contributed by atoms with Crippen molar-refractivity contribution in [2.45, 2.75) is 24.1 Å². The van der Waals surface area contributed by atoms with E-state index in [9.17, 15) is 25.5 Å². The van der Waals surface area contributed by atoms with Crippen molar-refractivity contribution >= 4 is 0 Å². The highest BCUT2D eigenvalue weighted by atomic mass is 16.6. The van der Waals surface area contributed by atoms with Gasteiger partial charge in [-0.3, -0.25) is 0 Å². The standard InChI is InChI=1S/C19H22O7/c1-25-15-5-3-2-4-13(15)11-6-8-12(9-7-11)26-18(23)19(24)14(10-20)16(21)17(19)22/h2-9,14,16-18,20-24H,10H2,1H3. The highest BCUT2D eigenvalue weighted by Crippen LogP contribution is 2.42. The second-order valence-electron chi connectivity index (χ2n) is 6.31. The molecule has 0 bridgehead atoms. The maximum atomic E-state index is 10.4. The fourth-order valence-corrected chi connectivity index (χ4v) is 3.27. The van der Waals surface area contributed by atoms with Gasteiger partial charge in [0.25, 0.3) is 0 Å². The lowest BCUT2D eigenvalue weighted by molar-refractivity contribution is -0.332. The molecule has 1 aliphatic rings. The lowest BCUT2D eigenvalue weighted by Gasteiger charge is -2.53. The Balaban J connectivity index is 1.76. The zero-order valence-electron chi connectivity index (χ0n) is 14.2. The zero-order chi connectivity index (χ0) is 18.9. The normalized spacial score (nSPS) is 28.9. The van der Waals surface area contributed by atoms with E-state index >= 15 is 0 Å². The molecule has 0 aromatic heterocycles. The molecule has 26 heavy (non-hydrogen) atoms. The van der Waals surface area contributed by atoms with Crippen molar-refractivity contribution in [3.8, 4) is 22.6 Å². The quantitative estimate of drug-likeness (QED) is 0.464. The second-order valence-corrected chi connectivity index (χ2v) is 6.31.